The van der Waals surface area contributed by atoms with E-state index in [2.05, 4.69) is 33.9 Å². The first kappa shape index (κ1) is 17.6. The predicted octanol–water partition coefficient (Wildman–Crippen LogP) is 3.99. The second-order valence-electron chi connectivity index (χ2n) is 7.09. The van der Waals surface area contributed by atoms with Crippen molar-refractivity contribution in [3.8, 4) is 0 Å². The zero-order valence-electron chi connectivity index (χ0n) is 13.3. The number of carbonyl (C=O) groups is 1. The molecule has 0 bridgehead atoms. The van der Waals surface area contributed by atoms with Crippen LogP contribution in [0.25, 0.3) is 0 Å². The largest absolute Gasteiger partial charge is 0.469 e. The van der Waals surface area contributed by atoms with Crippen molar-refractivity contribution in [2.75, 3.05) is 13.7 Å². The van der Waals surface area contributed by atoms with Crippen molar-refractivity contribution in [3.63, 3.8) is 0 Å². The van der Waals surface area contributed by atoms with Crippen LogP contribution in [0.4, 0.5) is 0 Å². The van der Waals surface area contributed by atoms with Crippen molar-refractivity contribution in [2.24, 2.45) is 5.41 Å². The number of hydrogen-bond acceptors (Lipinski definition) is 3. The summed E-state index contributed by atoms with van der Waals surface area (Å²) in [6, 6.07) is 0. The van der Waals surface area contributed by atoms with Gasteiger partial charge in [-0.05, 0) is 44.8 Å². The van der Waals surface area contributed by atoms with Crippen LogP contribution >= 0.6 is 0 Å². The summed E-state index contributed by atoms with van der Waals surface area (Å²) in [5.74, 6) is -0.144. The highest BCUT2D eigenvalue weighted by molar-refractivity contribution is 6.74. The van der Waals surface area contributed by atoms with E-state index in [-0.39, 0.29) is 11.0 Å². The highest BCUT2D eigenvalue weighted by atomic mass is 28.4. The van der Waals surface area contributed by atoms with Crippen LogP contribution < -0.4 is 0 Å². The summed E-state index contributed by atoms with van der Waals surface area (Å²) in [5.41, 5.74) is -0.411. The van der Waals surface area contributed by atoms with Crippen LogP contribution in [0.3, 0.4) is 0 Å². The van der Waals surface area contributed by atoms with Gasteiger partial charge in [0.1, 0.15) is 0 Å². The first-order valence-corrected chi connectivity index (χ1v) is 9.57. The lowest BCUT2D eigenvalue weighted by Gasteiger charge is -2.36. The van der Waals surface area contributed by atoms with Crippen molar-refractivity contribution < 1.29 is 14.0 Å². The third kappa shape index (κ3) is 5.10. The molecule has 3 nitrogen and oxygen atoms in total. The van der Waals surface area contributed by atoms with Crippen molar-refractivity contribution in [1.29, 1.82) is 0 Å². The van der Waals surface area contributed by atoms with Gasteiger partial charge in [-0.15, -0.1) is 0 Å². The van der Waals surface area contributed by atoms with E-state index in [4.69, 9.17) is 9.16 Å². The Morgan fingerprint density at radius 2 is 1.61 bits per heavy atom. The second kappa shape index (κ2) is 6.20. The predicted molar refractivity (Wildman–Crippen MR) is 78.2 cm³/mol. The van der Waals surface area contributed by atoms with E-state index in [1.165, 1.54) is 7.11 Å². The lowest BCUT2D eigenvalue weighted by molar-refractivity contribution is -0.151. The molecule has 0 saturated carbocycles. The lowest BCUT2D eigenvalue weighted by atomic mass is 9.88. The molecule has 0 amide bonds. The summed E-state index contributed by atoms with van der Waals surface area (Å²) in [5, 5.41) is 0.241. The Balaban J connectivity index is 4.12. The van der Waals surface area contributed by atoms with Crippen LogP contribution in [0.2, 0.25) is 18.1 Å². The van der Waals surface area contributed by atoms with Gasteiger partial charge in [0.2, 0.25) is 0 Å². The van der Waals surface area contributed by atoms with Crippen molar-refractivity contribution in [3.05, 3.63) is 0 Å². The maximum Gasteiger partial charge on any atom is 0.311 e. The molecule has 0 radical (unpaired) electrons. The number of carbonyl (C=O) groups excluding carboxylic acids is 1. The molecule has 0 spiro atoms. The molecule has 4 heteroatoms. The van der Waals surface area contributed by atoms with Crippen LogP contribution in [0.1, 0.15) is 47.5 Å². The third-order valence-corrected chi connectivity index (χ3v) is 8.49. The van der Waals surface area contributed by atoms with Gasteiger partial charge in [0.15, 0.2) is 8.32 Å². The van der Waals surface area contributed by atoms with E-state index in [0.29, 0.717) is 0 Å². The molecule has 0 rings (SSSR count). The summed E-state index contributed by atoms with van der Waals surface area (Å²) < 4.78 is 10.9. The van der Waals surface area contributed by atoms with E-state index < -0.39 is 13.7 Å². The summed E-state index contributed by atoms with van der Waals surface area (Å²) in [6.07, 6.45) is 1.70. The third-order valence-electron chi connectivity index (χ3n) is 3.95. The van der Waals surface area contributed by atoms with Crippen LogP contribution in [-0.4, -0.2) is 28.0 Å². The van der Waals surface area contributed by atoms with Crippen molar-refractivity contribution >= 4 is 14.3 Å². The summed E-state index contributed by atoms with van der Waals surface area (Å²) >= 11 is 0. The fourth-order valence-electron chi connectivity index (χ4n) is 1.44. The van der Waals surface area contributed by atoms with Gasteiger partial charge in [0.05, 0.1) is 12.5 Å². The topological polar surface area (TPSA) is 35.5 Å². The van der Waals surface area contributed by atoms with E-state index in [1.807, 2.05) is 13.8 Å². The van der Waals surface area contributed by atoms with Crippen LogP contribution in [0.5, 0.6) is 0 Å². The highest BCUT2D eigenvalue weighted by Gasteiger charge is 2.37. The van der Waals surface area contributed by atoms with E-state index >= 15 is 0 Å². The smallest absolute Gasteiger partial charge is 0.311 e. The first-order valence-electron chi connectivity index (χ1n) is 6.66. The monoisotopic (exact) mass is 274 g/mol. The van der Waals surface area contributed by atoms with Gasteiger partial charge >= 0.3 is 5.97 Å². The lowest BCUT2D eigenvalue weighted by Crippen LogP contribution is -2.41. The molecule has 108 valence electrons. The minimum atomic E-state index is -1.65. The Morgan fingerprint density at radius 3 is 2.00 bits per heavy atom. The maximum absolute atomic E-state index is 11.5. The molecule has 0 fully saturated rings. The molecular weight excluding hydrogens is 244 g/mol. The minimum Gasteiger partial charge on any atom is -0.469 e. The molecule has 0 aliphatic heterocycles. The second-order valence-corrected chi connectivity index (χ2v) is 11.9. The molecule has 0 aromatic rings. The molecule has 0 aromatic heterocycles. The molecule has 0 aromatic carbocycles. The number of ether oxygens (including phenoxy) is 1. The molecule has 0 N–H and O–H groups in total. The average Bonchev–Trinajstić information content (AvgIpc) is 2.21. The number of hydrogen-bond donors (Lipinski definition) is 0. The Hall–Kier alpha value is -0.353. The average molecular weight is 274 g/mol. The highest BCUT2D eigenvalue weighted by Crippen LogP contribution is 2.36. The molecule has 0 saturated heterocycles. The molecular formula is C14H30O3Si. The van der Waals surface area contributed by atoms with E-state index in [0.717, 1.165) is 19.4 Å². The zero-order valence-corrected chi connectivity index (χ0v) is 14.3. The maximum atomic E-state index is 11.5. The Bertz CT molecular complexity index is 277. The fraction of sp³-hybridized carbons (Fsp3) is 0.929. The van der Waals surface area contributed by atoms with Gasteiger partial charge in [-0.25, -0.2) is 0 Å². The molecule has 0 heterocycles. The molecule has 0 aliphatic carbocycles. The molecule has 0 atom stereocenters. The first-order chi connectivity index (χ1) is 7.94. The Labute approximate surface area is 113 Å². The van der Waals surface area contributed by atoms with Crippen LogP contribution in [-0.2, 0) is 14.0 Å². The van der Waals surface area contributed by atoms with Crippen molar-refractivity contribution in [1.82, 2.24) is 0 Å². The van der Waals surface area contributed by atoms with Crippen LogP contribution in [0.15, 0.2) is 0 Å². The van der Waals surface area contributed by atoms with Gasteiger partial charge < -0.3 is 9.16 Å². The number of rotatable bonds is 6. The van der Waals surface area contributed by atoms with E-state index in [9.17, 15) is 4.79 Å². The van der Waals surface area contributed by atoms with Gasteiger partial charge in [0.25, 0.3) is 0 Å². The molecule has 0 unspecified atom stereocenters. The van der Waals surface area contributed by atoms with Crippen LogP contribution in [0, 0.1) is 5.41 Å². The molecule has 18 heavy (non-hydrogen) atoms. The SMILES string of the molecule is COC(=O)C(C)(C)CCCO[Si](C)(C)C(C)(C)C. The number of methoxy groups -OCH3 is 1. The zero-order chi connectivity index (χ0) is 14.6. The molecule has 0 aliphatic rings. The van der Waals surface area contributed by atoms with Gasteiger partial charge in [0, 0.05) is 6.61 Å². The normalized spacial score (nSPS) is 13.6. The summed E-state index contributed by atoms with van der Waals surface area (Å²) in [7, 11) is -0.212. The van der Waals surface area contributed by atoms with Gasteiger partial charge in [-0.1, -0.05) is 20.8 Å². The Morgan fingerprint density at radius 1 is 1.11 bits per heavy atom. The van der Waals surface area contributed by atoms with Crippen molar-refractivity contribution in [2.45, 2.75) is 65.6 Å². The number of esters is 1. The van der Waals surface area contributed by atoms with Gasteiger partial charge in [-0.3, -0.25) is 4.79 Å². The summed E-state index contributed by atoms with van der Waals surface area (Å²) in [6.45, 7) is 15.8. The quantitative estimate of drug-likeness (QED) is 0.417. The standard InChI is InChI=1S/C14H30O3Si/c1-13(2,3)18(7,8)17-11-9-10-14(4,5)12(15)16-6/h9-11H2,1-8H3. The Kier molecular flexibility index (Phi) is 6.07. The van der Waals surface area contributed by atoms with Gasteiger partial charge in [-0.2, -0.15) is 0 Å². The van der Waals surface area contributed by atoms with E-state index in [1.54, 1.807) is 0 Å². The summed E-state index contributed by atoms with van der Waals surface area (Å²) in [4.78, 5) is 11.5. The minimum absolute atomic E-state index is 0.144. The fourth-order valence-corrected chi connectivity index (χ4v) is 2.52.